The van der Waals surface area contributed by atoms with Gasteiger partial charge in [-0.2, -0.15) is 0 Å². The first-order chi connectivity index (χ1) is 18.7. The van der Waals surface area contributed by atoms with Crippen molar-refractivity contribution in [3.8, 4) is 5.75 Å². The van der Waals surface area contributed by atoms with Gasteiger partial charge in [-0.05, 0) is 36.2 Å². The van der Waals surface area contributed by atoms with Gasteiger partial charge in [0.1, 0.15) is 18.5 Å². The fourth-order valence-electron chi connectivity index (χ4n) is 5.01. The topological polar surface area (TPSA) is 95.1 Å². The van der Waals surface area contributed by atoms with Gasteiger partial charge in [0.2, 0.25) is 5.79 Å². The Balaban J connectivity index is 1.24. The number of imidazole rings is 1. The average Bonchev–Trinajstić information content (AvgIpc) is 3.54. The molecule has 0 unspecified atom stereocenters. The summed E-state index contributed by atoms with van der Waals surface area (Å²) in [5, 5.41) is 1.51. The summed E-state index contributed by atoms with van der Waals surface area (Å²) < 4.78 is 20.8. The van der Waals surface area contributed by atoms with Crippen LogP contribution in [0.15, 0.2) is 49.1 Å². The number of halogens is 3. The van der Waals surface area contributed by atoms with Crippen molar-refractivity contribution in [3.63, 3.8) is 0 Å². The third-order valence-electron chi connectivity index (χ3n) is 6.94. The molecule has 2 N–H and O–H groups in total. The second kappa shape index (κ2) is 11.9. The van der Waals surface area contributed by atoms with Crippen LogP contribution in [-0.4, -0.2) is 70.9 Å². The molecular formula is C27H30Cl3N5O4. The lowest BCUT2D eigenvalue weighted by Gasteiger charge is -2.33. The zero-order valence-electron chi connectivity index (χ0n) is 21.5. The fraction of sp³-hybridized carbons (Fsp3) is 0.407. The average molecular weight is 595 g/mol. The molecule has 39 heavy (non-hydrogen) atoms. The number of nitrogens with zero attached hydrogens (tertiary/aromatic N) is 4. The Hall–Kier alpha value is -2.53. The van der Waals surface area contributed by atoms with Gasteiger partial charge in [-0.25, -0.2) is 9.78 Å². The van der Waals surface area contributed by atoms with Crippen LogP contribution < -0.4 is 10.5 Å². The normalized spacial score (nSPS) is 21.8. The van der Waals surface area contributed by atoms with Gasteiger partial charge in [-0.1, -0.05) is 46.9 Å². The molecule has 3 aromatic rings. The number of carbonyl (C=O) groups excluding carboxylic acids is 1. The lowest BCUT2D eigenvalue weighted by atomic mass is 10.1. The third-order valence-corrected chi connectivity index (χ3v) is 7.77. The van der Waals surface area contributed by atoms with Crippen molar-refractivity contribution in [3.05, 3.63) is 80.8 Å². The highest BCUT2D eigenvalue weighted by atomic mass is 35.5. The van der Waals surface area contributed by atoms with Gasteiger partial charge >= 0.3 is 6.03 Å². The molecule has 208 valence electrons. The Morgan fingerprint density at radius 1 is 1.15 bits per heavy atom. The Labute approximate surface area is 242 Å². The molecule has 2 atom stereocenters. The molecule has 5 rings (SSSR count). The van der Waals surface area contributed by atoms with E-state index in [2.05, 4.69) is 16.0 Å². The zero-order chi connectivity index (χ0) is 27.6. The quantitative estimate of drug-likeness (QED) is 0.407. The number of benzene rings is 2. The largest absolute Gasteiger partial charge is 0.489 e. The number of primary amides is 1. The standard InChI is InChI=1S/C27H30Cl3N5O4/c1-18-10-19(13-33-6-8-35(9-7-33)26(31)36)11-24(30)25(18)37-14-21-15-38-27(39-21,16-34-5-4-32-17-34)22-3-2-20(28)12-23(22)29/h2-5,10-12,17,21H,6-9,13-16H2,1H3,(H2,31,36)/t21-,27-/m1/s1. The van der Waals surface area contributed by atoms with Crippen LogP contribution in [0.4, 0.5) is 4.79 Å². The molecule has 0 aliphatic carbocycles. The minimum Gasteiger partial charge on any atom is -0.489 e. The van der Waals surface area contributed by atoms with Crippen LogP contribution in [-0.2, 0) is 28.4 Å². The maximum absolute atomic E-state index is 11.4. The summed E-state index contributed by atoms with van der Waals surface area (Å²) in [4.78, 5) is 19.4. The first-order valence-corrected chi connectivity index (χ1v) is 13.8. The van der Waals surface area contributed by atoms with Crippen molar-refractivity contribution in [2.24, 2.45) is 5.73 Å². The second-order valence-corrected chi connectivity index (χ2v) is 11.0. The van der Waals surface area contributed by atoms with Crippen molar-refractivity contribution in [1.29, 1.82) is 0 Å². The Morgan fingerprint density at radius 2 is 1.95 bits per heavy atom. The lowest BCUT2D eigenvalue weighted by molar-refractivity contribution is -0.189. The van der Waals surface area contributed by atoms with Gasteiger partial charge in [0.15, 0.2) is 0 Å². The highest BCUT2D eigenvalue weighted by Gasteiger charge is 2.45. The van der Waals surface area contributed by atoms with E-state index in [9.17, 15) is 4.79 Å². The Kier molecular flexibility index (Phi) is 8.56. The number of urea groups is 1. The van der Waals surface area contributed by atoms with Gasteiger partial charge in [-0.3, -0.25) is 4.90 Å². The zero-order valence-corrected chi connectivity index (χ0v) is 23.8. The SMILES string of the molecule is Cc1cc(CN2CCN(C(N)=O)CC2)cc(Cl)c1OC[C@@H]1CO[C@@](Cn2ccnc2)(c2ccc(Cl)cc2Cl)O1. The van der Waals surface area contributed by atoms with Crippen molar-refractivity contribution in [1.82, 2.24) is 19.4 Å². The number of ether oxygens (including phenoxy) is 3. The second-order valence-electron chi connectivity index (χ2n) is 9.80. The van der Waals surface area contributed by atoms with Crippen LogP contribution in [0.2, 0.25) is 15.1 Å². The number of nitrogens with two attached hydrogens (primary N) is 1. The molecule has 2 aliphatic rings. The molecule has 0 radical (unpaired) electrons. The summed E-state index contributed by atoms with van der Waals surface area (Å²) in [7, 11) is 0. The number of carbonyl (C=O) groups is 1. The van der Waals surface area contributed by atoms with Crippen LogP contribution >= 0.6 is 34.8 Å². The van der Waals surface area contributed by atoms with Crippen LogP contribution in [0.25, 0.3) is 0 Å². The molecule has 0 bridgehead atoms. The number of hydrogen-bond acceptors (Lipinski definition) is 6. The molecule has 2 fully saturated rings. The van der Waals surface area contributed by atoms with Crippen LogP contribution in [0.1, 0.15) is 16.7 Å². The van der Waals surface area contributed by atoms with Gasteiger partial charge in [-0.15, -0.1) is 0 Å². The van der Waals surface area contributed by atoms with E-state index < -0.39 is 5.79 Å². The molecule has 1 aromatic heterocycles. The van der Waals surface area contributed by atoms with E-state index in [-0.39, 0.29) is 18.7 Å². The molecule has 2 amide bonds. The van der Waals surface area contributed by atoms with Crippen molar-refractivity contribution >= 4 is 40.8 Å². The highest BCUT2D eigenvalue weighted by Crippen LogP contribution is 2.41. The number of aryl methyl sites for hydroxylation is 1. The van der Waals surface area contributed by atoms with Crippen LogP contribution in [0.3, 0.4) is 0 Å². The van der Waals surface area contributed by atoms with E-state index >= 15 is 0 Å². The summed E-state index contributed by atoms with van der Waals surface area (Å²) in [5.41, 5.74) is 8.07. The summed E-state index contributed by atoms with van der Waals surface area (Å²) in [5.74, 6) is -0.517. The minimum absolute atomic E-state index is 0.242. The molecule has 2 saturated heterocycles. The van der Waals surface area contributed by atoms with Crippen molar-refractivity contribution in [2.45, 2.75) is 31.9 Å². The lowest BCUT2D eigenvalue weighted by Crippen LogP contribution is -2.50. The monoisotopic (exact) mass is 593 g/mol. The minimum atomic E-state index is -1.13. The van der Waals surface area contributed by atoms with E-state index in [1.165, 1.54) is 0 Å². The van der Waals surface area contributed by atoms with Gasteiger partial charge in [0.25, 0.3) is 0 Å². The predicted octanol–water partition coefficient (Wildman–Crippen LogP) is 4.70. The molecule has 12 heteroatoms. The number of hydrogen-bond donors (Lipinski definition) is 1. The number of rotatable bonds is 8. The third kappa shape index (κ3) is 6.45. The van der Waals surface area contributed by atoms with E-state index in [0.29, 0.717) is 52.6 Å². The number of piperazine rings is 1. The van der Waals surface area contributed by atoms with Gasteiger partial charge in [0, 0.05) is 55.7 Å². The maximum Gasteiger partial charge on any atom is 0.314 e. The van der Waals surface area contributed by atoms with Gasteiger partial charge in [0.05, 0.1) is 29.5 Å². The van der Waals surface area contributed by atoms with E-state index in [1.807, 2.05) is 29.8 Å². The first kappa shape index (κ1) is 28.0. The molecule has 9 nitrogen and oxygen atoms in total. The predicted molar refractivity (Wildman–Crippen MR) is 149 cm³/mol. The van der Waals surface area contributed by atoms with Gasteiger partial charge < -0.3 is 29.4 Å². The molecule has 3 heterocycles. The van der Waals surface area contributed by atoms with Crippen molar-refractivity contribution < 1.29 is 19.0 Å². The number of amides is 2. The van der Waals surface area contributed by atoms with E-state index in [1.54, 1.807) is 29.6 Å². The fourth-order valence-corrected chi connectivity index (χ4v) is 5.91. The molecular weight excluding hydrogens is 565 g/mol. The number of aromatic nitrogens is 2. The summed E-state index contributed by atoms with van der Waals surface area (Å²) >= 11 is 19.4. The molecule has 0 spiro atoms. The van der Waals surface area contributed by atoms with Crippen LogP contribution in [0.5, 0.6) is 5.75 Å². The Bertz CT molecular complexity index is 1290. The highest BCUT2D eigenvalue weighted by molar-refractivity contribution is 6.35. The maximum atomic E-state index is 11.4. The van der Waals surface area contributed by atoms with E-state index in [0.717, 1.165) is 30.8 Å². The molecule has 0 saturated carbocycles. The van der Waals surface area contributed by atoms with Crippen molar-refractivity contribution in [2.75, 3.05) is 39.4 Å². The molecule has 2 aromatic carbocycles. The summed E-state index contributed by atoms with van der Waals surface area (Å²) in [6, 6.07) is 8.88. The van der Waals surface area contributed by atoms with Crippen LogP contribution in [0, 0.1) is 6.92 Å². The summed E-state index contributed by atoms with van der Waals surface area (Å²) in [6.07, 6.45) is 4.87. The first-order valence-electron chi connectivity index (χ1n) is 12.6. The summed E-state index contributed by atoms with van der Waals surface area (Å²) in [6.45, 7) is 6.36. The smallest absolute Gasteiger partial charge is 0.314 e. The molecule has 2 aliphatic heterocycles. The Morgan fingerprint density at radius 3 is 2.62 bits per heavy atom. The van der Waals surface area contributed by atoms with E-state index in [4.69, 9.17) is 54.7 Å².